The van der Waals surface area contributed by atoms with Gasteiger partial charge in [-0.05, 0) is 25.3 Å². The number of nitrogens with zero attached hydrogens (tertiary/aromatic N) is 1. The summed E-state index contributed by atoms with van der Waals surface area (Å²) in [5.41, 5.74) is -0.172. The second-order valence-corrected chi connectivity index (χ2v) is 3.66. The van der Waals surface area contributed by atoms with Crippen LogP contribution in [-0.2, 0) is 0 Å². The average molecular weight is 210 g/mol. The fourth-order valence-corrected chi connectivity index (χ4v) is 1.56. The number of nitro groups is 1. The maximum atomic E-state index is 13.4. The number of nitrogens with one attached hydrogen (secondary N) is 1. The number of rotatable bonds is 3. The van der Waals surface area contributed by atoms with Gasteiger partial charge < -0.3 is 5.32 Å². The molecule has 1 fully saturated rings. The van der Waals surface area contributed by atoms with E-state index < -0.39 is 10.7 Å². The molecule has 0 spiro atoms. The third kappa shape index (κ3) is 1.91. The highest BCUT2D eigenvalue weighted by Crippen LogP contribution is 2.31. The van der Waals surface area contributed by atoms with Crippen LogP contribution in [0, 0.1) is 15.9 Å². The van der Waals surface area contributed by atoms with E-state index >= 15 is 0 Å². The molecule has 0 bridgehead atoms. The minimum Gasteiger partial charge on any atom is -0.374 e. The van der Waals surface area contributed by atoms with Crippen molar-refractivity contribution in [3.63, 3.8) is 0 Å². The molecule has 15 heavy (non-hydrogen) atoms. The number of hydrogen-bond acceptors (Lipinski definition) is 3. The third-order valence-electron chi connectivity index (χ3n) is 2.64. The van der Waals surface area contributed by atoms with Gasteiger partial charge in [0.1, 0.15) is 5.69 Å². The van der Waals surface area contributed by atoms with Crippen molar-refractivity contribution >= 4 is 11.4 Å². The van der Waals surface area contributed by atoms with Gasteiger partial charge in [-0.3, -0.25) is 10.1 Å². The number of anilines is 1. The molecule has 0 atom stereocenters. The lowest BCUT2D eigenvalue weighted by atomic mass is 9.93. The molecule has 80 valence electrons. The summed E-state index contributed by atoms with van der Waals surface area (Å²) in [6.45, 7) is 0. The molecule has 0 heterocycles. The maximum absolute atomic E-state index is 13.4. The summed E-state index contributed by atoms with van der Waals surface area (Å²) >= 11 is 0. The predicted octanol–water partition coefficient (Wildman–Crippen LogP) is 2.70. The molecule has 5 heteroatoms. The van der Waals surface area contributed by atoms with Gasteiger partial charge >= 0.3 is 0 Å². The van der Waals surface area contributed by atoms with Gasteiger partial charge in [0.25, 0.3) is 5.69 Å². The van der Waals surface area contributed by atoms with Crippen molar-refractivity contribution in [2.75, 3.05) is 5.32 Å². The van der Waals surface area contributed by atoms with Crippen LogP contribution in [0.15, 0.2) is 18.2 Å². The molecule has 0 aromatic heterocycles. The van der Waals surface area contributed by atoms with Crippen LogP contribution in [-0.4, -0.2) is 11.0 Å². The van der Waals surface area contributed by atoms with E-state index in [9.17, 15) is 14.5 Å². The number of hydrogen-bond donors (Lipinski definition) is 1. The molecule has 0 unspecified atom stereocenters. The van der Waals surface area contributed by atoms with Crippen LogP contribution in [0.4, 0.5) is 15.8 Å². The first-order valence-electron chi connectivity index (χ1n) is 4.88. The molecule has 1 N–H and O–H groups in total. The van der Waals surface area contributed by atoms with Crippen LogP contribution in [0.3, 0.4) is 0 Å². The molecule has 0 saturated heterocycles. The minimum absolute atomic E-state index is 0.0206. The smallest absolute Gasteiger partial charge is 0.295 e. The van der Waals surface area contributed by atoms with Gasteiger partial charge in [0.15, 0.2) is 5.82 Å². The van der Waals surface area contributed by atoms with E-state index in [-0.39, 0.29) is 17.4 Å². The summed E-state index contributed by atoms with van der Waals surface area (Å²) in [6.07, 6.45) is 3.00. The van der Waals surface area contributed by atoms with Gasteiger partial charge in [-0.2, -0.15) is 0 Å². The Balaban J connectivity index is 2.29. The normalized spacial score (nSPS) is 15.8. The first kappa shape index (κ1) is 9.89. The van der Waals surface area contributed by atoms with Crippen LogP contribution < -0.4 is 5.32 Å². The molecule has 0 amide bonds. The first-order chi connectivity index (χ1) is 7.18. The van der Waals surface area contributed by atoms with Crippen LogP contribution in [0.2, 0.25) is 0 Å². The number of nitro benzene ring substituents is 1. The molecule has 1 aromatic carbocycles. The number of para-hydroxylation sites is 1. The van der Waals surface area contributed by atoms with Crippen molar-refractivity contribution in [1.82, 2.24) is 0 Å². The molecule has 1 saturated carbocycles. The van der Waals surface area contributed by atoms with Crippen LogP contribution in [0.1, 0.15) is 19.3 Å². The van der Waals surface area contributed by atoms with Gasteiger partial charge in [-0.1, -0.05) is 6.07 Å². The van der Waals surface area contributed by atoms with Gasteiger partial charge in [0.05, 0.1) is 4.92 Å². The molecule has 0 radical (unpaired) electrons. The van der Waals surface area contributed by atoms with Gasteiger partial charge in [-0.25, -0.2) is 4.39 Å². The summed E-state index contributed by atoms with van der Waals surface area (Å²) in [5.74, 6) is -0.559. The van der Waals surface area contributed by atoms with Gasteiger partial charge in [0.2, 0.25) is 0 Å². The van der Waals surface area contributed by atoms with Crippen LogP contribution in [0.25, 0.3) is 0 Å². The molecule has 1 aliphatic rings. The average Bonchev–Trinajstić information content (AvgIpc) is 2.12. The zero-order chi connectivity index (χ0) is 10.8. The quantitative estimate of drug-likeness (QED) is 0.616. The molecular weight excluding hydrogens is 199 g/mol. The second-order valence-electron chi connectivity index (χ2n) is 3.66. The van der Waals surface area contributed by atoms with Crippen LogP contribution >= 0.6 is 0 Å². The highest BCUT2D eigenvalue weighted by atomic mass is 19.1. The summed E-state index contributed by atoms with van der Waals surface area (Å²) in [5, 5.41) is 13.5. The number of benzene rings is 1. The molecule has 1 aliphatic carbocycles. The van der Waals surface area contributed by atoms with Gasteiger partial charge in [-0.15, -0.1) is 0 Å². The number of halogens is 1. The Morgan fingerprint density at radius 1 is 1.47 bits per heavy atom. The SMILES string of the molecule is O=[N+]([O-])c1cccc(F)c1NC1CCC1. The van der Waals surface area contributed by atoms with E-state index in [1.54, 1.807) is 0 Å². The predicted molar refractivity (Wildman–Crippen MR) is 54.3 cm³/mol. The lowest BCUT2D eigenvalue weighted by molar-refractivity contribution is -0.384. The largest absolute Gasteiger partial charge is 0.374 e. The zero-order valence-corrected chi connectivity index (χ0v) is 8.07. The Morgan fingerprint density at radius 3 is 2.73 bits per heavy atom. The Hall–Kier alpha value is -1.65. The van der Waals surface area contributed by atoms with E-state index in [2.05, 4.69) is 5.32 Å². The topological polar surface area (TPSA) is 55.2 Å². The van der Waals surface area contributed by atoms with E-state index in [0.717, 1.165) is 19.3 Å². The Kier molecular flexibility index (Phi) is 2.53. The van der Waals surface area contributed by atoms with Crippen molar-refractivity contribution < 1.29 is 9.31 Å². The van der Waals surface area contributed by atoms with Crippen molar-refractivity contribution in [3.05, 3.63) is 34.1 Å². The zero-order valence-electron chi connectivity index (χ0n) is 8.07. The molecule has 2 rings (SSSR count). The fourth-order valence-electron chi connectivity index (χ4n) is 1.56. The Bertz CT molecular complexity index is 391. The molecule has 0 aliphatic heterocycles. The fraction of sp³-hybridized carbons (Fsp3) is 0.400. The summed E-state index contributed by atoms with van der Waals surface area (Å²) in [6, 6.07) is 4.07. The van der Waals surface area contributed by atoms with E-state index in [1.165, 1.54) is 18.2 Å². The van der Waals surface area contributed by atoms with Gasteiger partial charge in [0, 0.05) is 12.1 Å². The summed E-state index contributed by atoms with van der Waals surface area (Å²) in [4.78, 5) is 10.1. The standard InChI is InChI=1S/C10H11FN2O2/c11-8-5-2-6-9(13(14)15)10(8)12-7-3-1-4-7/h2,5-7,12H,1,3-4H2. The summed E-state index contributed by atoms with van der Waals surface area (Å²) in [7, 11) is 0. The van der Waals surface area contributed by atoms with Crippen molar-refractivity contribution in [1.29, 1.82) is 0 Å². The van der Waals surface area contributed by atoms with E-state index in [1.807, 2.05) is 0 Å². The molecule has 1 aromatic rings. The second kappa shape index (κ2) is 3.84. The monoisotopic (exact) mass is 210 g/mol. The van der Waals surface area contributed by atoms with Crippen LogP contribution in [0.5, 0.6) is 0 Å². The van der Waals surface area contributed by atoms with Crippen molar-refractivity contribution in [3.8, 4) is 0 Å². The highest BCUT2D eigenvalue weighted by molar-refractivity contribution is 5.62. The summed E-state index contributed by atoms with van der Waals surface area (Å²) < 4.78 is 13.4. The maximum Gasteiger partial charge on any atom is 0.295 e. The molecular formula is C10H11FN2O2. The Morgan fingerprint density at radius 2 is 2.20 bits per heavy atom. The third-order valence-corrected chi connectivity index (χ3v) is 2.64. The highest BCUT2D eigenvalue weighted by Gasteiger charge is 2.23. The van der Waals surface area contributed by atoms with Crippen molar-refractivity contribution in [2.45, 2.75) is 25.3 Å². The molecule has 4 nitrogen and oxygen atoms in total. The minimum atomic E-state index is -0.565. The van der Waals surface area contributed by atoms with Crippen molar-refractivity contribution in [2.24, 2.45) is 0 Å². The lowest BCUT2D eigenvalue weighted by Crippen LogP contribution is -2.27. The Labute approximate surface area is 86.3 Å². The lowest BCUT2D eigenvalue weighted by Gasteiger charge is -2.27. The first-order valence-corrected chi connectivity index (χ1v) is 4.88. The van der Waals surface area contributed by atoms with E-state index in [4.69, 9.17) is 0 Å². The van der Waals surface area contributed by atoms with E-state index in [0.29, 0.717) is 0 Å².